The molecule has 1 aliphatic rings. The summed E-state index contributed by atoms with van der Waals surface area (Å²) in [6.45, 7) is 8.90. The lowest BCUT2D eigenvalue weighted by molar-refractivity contribution is 0.0563. The maximum atomic E-state index is 6.32. The van der Waals surface area contributed by atoms with E-state index in [1.165, 1.54) is 6.42 Å². The molecule has 1 aliphatic carbocycles. The van der Waals surface area contributed by atoms with E-state index in [9.17, 15) is 0 Å². The Kier molecular flexibility index (Phi) is 4.66. The normalized spacial score (nSPS) is 27.1. The molecule has 2 rings (SSSR count). The van der Waals surface area contributed by atoms with Crippen molar-refractivity contribution in [1.82, 2.24) is 0 Å². The van der Waals surface area contributed by atoms with Gasteiger partial charge in [-0.1, -0.05) is 38.4 Å². The number of halogens is 1. The van der Waals surface area contributed by atoms with Gasteiger partial charge >= 0.3 is 0 Å². The molecule has 0 aliphatic heterocycles. The third-order valence-electron chi connectivity index (χ3n) is 4.12. The van der Waals surface area contributed by atoms with E-state index in [0.29, 0.717) is 16.4 Å². The maximum Gasteiger partial charge on any atom is 0.138 e. The minimum Gasteiger partial charge on any atom is -0.489 e. The van der Waals surface area contributed by atoms with Crippen LogP contribution in [0.3, 0.4) is 0 Å². The molecule has 0 aromatic heterocycles. The van der Waals surface area contributed by atoms with E-state index in [1.807, 2.05) is 25.1 Å². The Morgan fingerprint density at radius 2 is 2.05 bits per heavy atom. The molecule has 0 spiro atoms. The smallest absolute Gasteiger partial charge is 0.138 e. The van der Waals surface area contributed by atoms with Crippen molar-refractivity contribution in [2.24, 2.45) is 17.1 Å². The van der Waals surface area contributed by atoms with Crippen LogP contribution in [0.2, 0.25) is 5.02 Å². The first-order valence-electron chi connectivity index (χ1n) is 7.48. The Bertz CT molecular complexity index is 470. The first-order chi connectivity index (χ1) is 9.27. The zero-order chi connectivity index (χ0) is 14.9. The average Bonchev–Trinajstić information content (AvgIpc) is 2.28. The zero-order valence-corrected chi connectivity index (χ0v) is 13.7. The summed E-state index contributed by atoms with van der Waals surface area (Å²) in [5, 5.41) is 0.663. The van der Waals surface area contributed by atoms with Crippen molar-refractivity contribution in [3.63, 3.8) is 0 Å². The molecule has 112 valence electrons. The second kappa shape index (κ2) is 5.95. The van der Waals surface area contributed by atoms with E-state index in [-0.39, 0.29) is 12.1 Å². The first kappa shape index (κ1) is 15.7. The molecule has 0 bridgehead atoms. The lowest BCUT2D eigenvalue weighted by Crippen LogP contribution is -2.34. The van der Waals surface area contributed by atoms with Crippen LogP contribution in [-0.4, -0.2) is 6.10 Å². The quantitative estimate of drug-likeness (QED) is 0.856. The highest BCUT2D eigenvalue weighted by Crippen LogP contribution is 2.41. The largest absolute Gasteiger partial charge is 0.489 e. The molecule has 0 radical (unpaired) electrons. The molecule has 2 nitrogen and oxygen atoms in total. The monoisotopic (exact) mass is 295 g/mol. The molecule has 20 heavy (non-hydrogen) atoms. The van der Waals surface area contributed by atoms with E-state index in [0.717, 1.165) is 24.2 Å². The average molecular weight is 296 g/mol. The number of hydrogen-bond acceptors (Lipinski definition) is 2. The molecule has 0 saturated heterocycles. The van der Waals surface area contributed by atoms with Gasteiger partial charge in [-0.2, -0.15) is 0 Å². The summed E-state index contributed by atoms with van der Waals surface area (Å²) in [7, 11) is 0. The van der Waals surface area contributed by atoms with Gasteiger partial charge in [-0.3, -0.25) is 0 Å². The fourth-order valence-electron chi connectivity index (χ4n) is 3.42. The minimum absolute atomic E-state index is 0.00446. The van der Waals surface area contributed by atoms with Crippen molar-refractivity contribution in [3.05, 3.63) is 28.8 Å². The van der Waals surface area contributed by atoms with Crippen molar-refractivity contribution in [2.45, 2.75) is 59.1 Å². The topological polar surface area (TPSA) is 35.2 Å². The molecule has 1 aromatic carbocycles. The number of hydrogen-bond donors (Lipinski definition) is 1. The summed E-state index contributed by atoms with van der Waals surface area (Å²) in [6, 6.07) is 5.87. The molecular weight excluding hydrogens is 270 g/mol. The Morgan fingerprint density at radius 3 is 2.60 bits per heavy atom. The fraction of sp³-hybridized carbons (Fsp3) is 0.647. The van der Waals surface area contributed by atoms with Crippen LogP contribution in [0.5, 0.6) is 5.75 Å². The molecule has 1 aromatic rings. The van der Waals surface area contributed by atoms with Gasteiger partial charge in [-0.25, -0.2) is 0 Å². The van der Waals surface area contributed by atoms with Gasteiger partial charge in [0.15, 0.2) is 0 Å². The lowest BCUT2D eigenvalue weighted by Gasteiger charge is -2.39. The predicted octanol–water partition coefficient (Wildman–Crippen LogP) is 4.95. The van der Waals surface area contributed by atoms with Crippen LogP contribution in [0.15, 0.2) is 18.2 Å². The number of nitrogens with two attached hydrogens (primary N) is 1. The fourth-order valence-corrected chi connectivity index (χ4v) is 3.66. The van der Waals surface area contributed by atoms with Gasteiger partial charge in [0.2, 0.25) is 0 Å². The highest BCUT2D eigenvalue weighted by molar-refractivity contribution is 6.32. The van der Waals surface area contributed by atoms with E-state index >= 15 is 0 Å². The summed E-state index contributed by atoms with van der Waals surface area (Å²) in [6.07, 6.45) is 3.72. The summed E-state index contributed by atoms with van der Waals surface area (Å²) in [5.74, 6) is 1.48. The van der Waals surface area contributed by atoms with Crippen LogP contribution in [0.25, 0.3) is 0 Å². The summed E-state index contributed by atoms with van der Waals surface area (Å²) in [4.78, 5) is 0. The highest BCUT2D eigenvalue weighted by Gasteiger charge is 2.33. The predicted molar refractivity (Wildman–Crippen MR) is 85.3 cm³/mol. The van der Waals surface area contributed by atoms with Gasteiger partial charge in [0.1, 0.15) is 5.75 Å². The van der Waals surface area contributed by atoms with E-state index in [2.05, 4.69) is 20.8 Å². The van der Waals surface area contributed by atoms with Crippen LogP contribution in [0.1, 0.15) is 58.6 Å². The lowest BCUT2D eigenvalue weighted by atomic mass is 9.71. The molecule has 3 atom stereocenters. The van der Waals surface area contributed by atoms with Crippen LogP contribution in [-0.2, 0) is 0 Å². The Hall–Kier alpha value is -0.730. The van der Waals surface area contributed by atoms with Crippen molar-refractivity contribution in [1.29, 1.82) is 0 Å². The SMILES string of the molecule is CC1CC(Oc2ccc(C(C)N)cc2Cl)CC(C)(C)C1. The summed E-state index contributed by atoms with van der Waals surface area (Å²) in [5.41, 5.74) is 7.26. The van der Waals surface area contributed by atoms with Crippen molar-refractivity contribution in [3.8, 4) is 5.75 Å². The molecule has 0 amide bonds. The number of benzene rings is 1. The Morgan fingerprint density at radius 1 is 1.35 bits per heavy atom. The molecule has 3 heteroatoms. The number of rotatable bonds is 3. The molecular formula is C17H26ClNO. The van der Waals surface area contributed by atoms with Gasteiger partial charge < -0.3 is 10.5 Å². The van der Waals surface area contributed by atoms with Crippen LogP contribution < -0.4 is 10.5 Å². The highest BCUT2D eigenvalue weighted by atomic mass is 35.5. The molecule has 3 unspecified atom stereocenters. The van der Waals surface area contributed by atoms with Crippen LogP contribution in [0.4, 0.5) is 0 Å². The Labute approximate surface area is 127 Å². The van der Waals surface area contributed by atoms with E-state index in [4.69, 9.17) is 22.1 Å². The van der Waals surface area contributed by atoms with Gasteiger partial charge in [-0.15, -0.1) is 0 Å². The van der Waals surface area contributed by atoms with Gasteiger partial charge in [0.25, 0.3) is 0 Å². The molecule has 1 saturated carbocycles. The minimum atomic E-state index is -0.00446. The second-order valence-electron chi connectivity index (χ2n) is 7.13. The van der Waals surface area contributed by atoms with Crippen molar-refractivity contribution >= 4 is 11.6 Å². The molecule has 1 fully saturated rings. The zero-order valence-electron chi connectivity index (χ0n) is 12.9. The van der Waals surface area contributed by atoms with E-state index < -0.39 is 0 Å². The summed E-state index contributed by atoms with van der Waals surface area (Å²) >= 11 is 6.32. The first-order valence-corrected chi connectivity index (χ1v) is 7.86. The van der Waals surface area contributed by atoms with Crippen LogP contribution >= 0.6 is 11.6 Å². The third-order valence-corrected chi connectivity index (χ3v) is 4.42. The van der Waals surface area contributed by atoms with Crippen LogP contribution in [0, 0.1) is 11.3 Å². The van der Waals surface area contributed by atoms with Gasteiger partial charge in [-0.05, 0) is 55.2 Å². The third kappa shape index (κ3) is 3.89. The number of ether oxygens (including phenoxy) is 1. The standard InChI is InChI=1S/C17H26ClNO/c1-11-7-14(10-17(3,4)9-11)20-16-6-5-13(12(2)19)8-15(16)18/h5-6,8,11-12,14H,7,9-10,19H2,1-4H3. The Balaban J connectivity index is 2.10. The maximum absolute atomic E-state index is 6.32. The molecule has 0 heterocycles. The van der Waals surface area contributed by atoms with E-state index in [1.54, 1.807) is 0 Å². The molecule has 2 N–H and O–H groups in total. The summed E-state index contributed by atoms with van der Waals surface area (Å²) < 4.78 is 6.15. The van der Waals surface area contributed by atoms with Gasteiger partial charge in [0, 0.05) is 6.04 Å². The van der Waals surface area contributed by atoms with Crippen molar-refractivity contribution in [2.75, 3.05) is 0 Å². The van der Waals surface area contributed by atoms with Gasteiger partial charge in [0.05, 0.1) is 11.1 Å². The second-order valence-corrected chi connectivity index (χ2v) is 7.54. The van der Waals surface area contributed by atoms with Crippen molar-refractivity contribution < 1.29 is 4.74 Å².